The molecule has 1 fully saturated rings. The summed E-state index contributed by atoms with van der Waals surface area (Å²) in [5.41, 5.74) is -0.734. The number of imidazole rings is 1. The molecule has 0 radical (unpaired) electrons. The summed E-state index contributed by atoms with van der Waals surface area (Å²) in [6.45, 7) is 4.20. The van der Waals surface area contributed by atoms with Gasteiger partial charge >= 0.3 is 6.03 Å². The molecular formula is C12H18N4O2. The average molecular weight is 250 g/mol. The topological polar surface area (TPSA) is 67.2 Å². The molecule has 1 aliphatic rings. The first-order valence-electron chi connectivity index (χ1n) is 6.08. The highest BCUT2D eigenvalue weighted by atomic mass is 16.2. The fraction of sp³-hybridized carbons (Fsp3) is 0.583. The second-order valence-corrected chi connectivity index (χ2v) is 4.74. The molecule has 0 saturated carbocycles. The Bertz CT molecular complexity index is 482. The summed E-state index contributed by atoms with van der Waals surface area (Å²) in [7, 11) is 1.91. The summed E-state index contributed by atoms with van der Waals surface area (Å²) in [5.74, 6) is 0.690. The van der Waals surface area contributed by atoms with E-state index < -0.39 is 5.54 Å². The molecular weight excluding hydrogens is 232 g/mol. The van der Waals surface area contributed by atoms with Crippen LogP contribution in [-0.2, 0) is 18.3 Å². The third kappa shape index (κ3) is 1.87. The summed E-state index contributed by atoms with van der Waals surface area (Å²) in [5, 5.41) is 2.37. The number of hydrogen-bond donors (Lipinski definition) is 1. The normalized spacial score (nSPS) is 23.6. The van der Waals surface area contributed by atoms with E-state index in [1.807, 2.05) is 24.7 Å². The minimum Gasteiger partial charge on any atom is -0.338 e. The maximum Gasteiger partial charge on any atom is 0.325 e. The van der Waals surface area contributed by atoms with Crippen LogP contribution in [0.1, 0.15) is 26.1 Å². The number of carbonyl (C=O) groups is 2. The highest BCUT2D eigenvalue weighted by Crippen LogP contribution is 2.25. The zero-order valence-corrected chi connectivity index (χ0v) is 10.9. The Morgan fingerprint density at radius 2 is 2.17 bits per heavy atom. The van der Waals surface area contributed by atoms with E-state index in [4.69, 9.17) is 0 Å². The largest absolute Gasteiger partial charge is 0.338 e. The number of imide groups is 1. The minimum absolute atomic E-state index is 0.213. The highest BCUT2D eigenvalue weighted by Gasteiger charge is 2.47. The van der Waals surface area contributed by atoms with Crippen molar-refractivity contribution in [2.24, 2.45) is 7.05 Å². The van der Waals surface area contributed by atoms with Crippen molar-refractivity contribution in [2.45, 2.75) is 32.2 Å². The second kappa shape index (κ2) is 4.44. The van der Waals surface area contributed by atoms with Gasteiger partial charge in [-0.25, -0.2) is 9.78 Å². The van der Waals surface area contributed by atoms with Gasteiger partial charge in [-0.1, -0.05) is 6.92 Å². The summed E-state index contributed by atoms with van der Waals surface area (Å²) >= 11 is 0. The highest BCUT2D eigenvalue weighted by molar-refractivity contribution is 6.06. The van der Waals surface area contributed by atoms with E-state index in [1.54, 1.807) is 18.0 Å². The van der Waals surface area contributed by atoms with Crippen LogP contribution in [0.25, 0.3) is 0 Å². The molecule has 1 unspecified atom stereocenters. The monoisotopic (exact) mass is 250 g/mol. The first-order valence-corrected chi connectivity index (χ1v) is 6.08. The van der Waals surface area contributed by atoms with Crippen molar-refractivity contribution >= 4 is 11.9 Å². The Kier molecular flexibility index (Phi) is 3.11. The fourth-order valence-corrected chi connectivity index (χ4v) is 2.19. The van der Waals surface area contributed by atoms with E-state index >= 15 is 0 Å². The number of amides is 3. The molecule has 98 valence electrons. The van der Waals surface area contributed by atoms with Crippen LogP contribution < -0.4 is 5.32 Å². The van der Waals surface area contributed by atoms with E-state index in [2.05, 4.69) is 10.3 Å². The molecule has 0 aliphatic carbocycles. The van der Waals surface area contributed by atoms with Gasteiger partial charge in [0.25, 0.3) is 5.91 Å². The molecule has 1 aromatic rings. The molecule has 0 spiro atoms. The SMILES string of the molecule is CCC1(C)C(=O)NC(=O)N1CCc1nccn1C. The molecule has 1 aliphatic heterocycles. The standard InChI is InChI=1S/C12H18N4O2/c1-4-12(2)10(17)14-11(18)16(12)7-5-9-13-6-8-15(9)3/h6,8H,4-5,7H2,1-3H3,(H,14,17,18). The third-order valence-electron chi connectivity index (χ3n) is 3.72. The summed E-state index contributed by atoms with van der Waals surface area (Å²) in [6, 6.07) is -0.307. The van der Waals surface area contributed by atoms with Gasteiger partial charge in [-0.05, 0) is 13.3 Å². The van der Waals surface area contributed by atoms with Crippen LogP contribution in [-0.4, -0.2) is 38.5 Å². The van der Waals surface area contributed by atoms with E-state index in [1.165, 1.54) is 0 Å². The zero-order valence-electron chi connectivity index (χ0n) is 10.9. The molecule has 1 atom stereocenters. The quantitative estimate of drug-likeness (QED) is 0.799. The molecule has 18 heavy (non-hydrogen) atoms. The van der Waals surface area contributed by atoms with Crippen molar-refractivity contribution in [3.63, 3.8) is 0 Å². The van der Waals surface area contributed by atoms with Gasteiger partial charge in [-0.3, -0.25) is 10.1 Å². The summed E-state index contributed by atoms with van der Waals surface area (Å²) in [4.78, 5) is 29.4. The third-order valence-corrected chi connectivity index (χ3v) is 3.72. The molecule has 1 N–H and O–H groups in total. The number of rotatable bonds is 4. The maximum absolute atomic E-state index is 11.8. The van der Waals surface area contributed by atoms with Crippen molar-refractivity contribution in [1.29, 1.82) is 0 Å². The van der Waals surface area contributed by atoms with Crippen LogP contribution in [0.15, 0.2) is 12.4 Å². The van der Waals surface area contributed by atoms with E-state index in [9.17, 15) is 9.59 Å². The molecule has 2 heterocycles. The van der Waals surface area contributed by atoms with Gasteiger partial charge in [0.05, 0.1) is 0 Å². The van der Waals surface area contributed by atoms with Gasteiger partial charge in [-0.2, -0.15) is 0 Å². The summed E-state index contributed by atoms with van der Waals surface area (Å²) in [6.07, 6.45) is 4.83. The van der Waals surface area contributed by atoms with Crippen molar-refractivity contribution in [1.82, 2.24) is 19.8 Å². The lowest BCUT2D eigenvalue weighted by Gasteiger charge is -2.30. The van der Waals surface area contributed by atoms with Gasteiger partial charge in [0.15, 0.2) is 0 Å². The average Bonchev–Trinajstić information content (AvgIpc) is 2.82. The molecule has 2 rings (SSSR count). The molecule has 0 bridgehead atoms. The Hall–Kier alpha value is -1.85. The predicted octanol–water partition coefficient (Wildman–Crippen LogP) is 0.683. The molecule has 0 aromatic carbocycles. The number of nitrogens with one attached hydrogen (secondary N) is 1. The molecule has 6 nitrogen and oxygen atoms in total. The van der Waals surface area contributed by atoms with E-state index in [0.717, 1.165) is 5.82 Å². The van der Waals surface area contributed by atoms with Crippen molar-refractivity contribution in [3.8, 4) is 0 Å². The molecule has 1 saturated heterocycles. The number of aryl methyl sites for hydroxylation is 1. The number of hydrogen-bond acceptors (Lipinski definition) is 3. The summed E-state index contributed by atoms with van der Waals surface area (Å²) < 4.78 is 1.92. The Labute approximate surface area is 106 Å². The Balaban J connectivity index is 2.10. The van der Waals surface area contributed by atoms with Crippen molar-refractivity contribution < 1.29 is 9.59 Å². The smallest absolute Gasteiger partial charge is 0.325 e. The molecule has 1 aromatic heterocycles. The van der Waals surface area contributed by atoms with Crippen LogP contribution in [0, 0.1) is 0 Å². The Morgan fingerprint density at radius 3 is 2.72 bits per heavy atom. The van der Waals surface area contributed by atoms with Gasteiger partial charge in [0, 0.05) is 32.4 Å². The van der Waals surface area contributed by atoms with Crippen LogP contribution in [0.4, 0.5) is 4.79 Å². The van der Waals surface area contributed by atoms with Crippen molar-refractivity contribution in [3.05, 3.63) is 18.2 Å². The Morgan fingerprint density at radius 1 is 1.44 bits per heavy atom. The lowest BCUT2D eigenvalue weighted by atomic mass is 9.97. The first-order chi connectivity index (χ1) is 8.49. The van der Waals surface area contributed by atoms with Gasteiger partial charge in [0.1, 0.15) is 11.4 Å². The van der Waals surface area contributed by atoms with E-state index in [0.29, 0.717) is 19.4 Å². The molecule has 6 heteroatoms. The first kappa shape index (κ1) is 12.6. The van der Waals surface area contributed by atoms with E-state index in [-0.39, 0.29) is 11.9 Å². The van der Waals surface area contributed by atoms with Crippen molar-refractivity contribution in [2.75, 3.05) is 6.54 Å². The maximum atomic E-state index is 11.8. The molecule has 3 amide bonds. The van der Waals surface area contributed by atoms with Gasteiger partial charge in [0.2, 0.25) is 0 Å². The zero-order chi connectivity index (χ0) is 13.3. The van der Waals surface area contributed by atoms with Gasteiger partial charge in [-0.15, -0.1) is 0 Å². The number of carbonyl (C=O) groups excluding carboxylic acids is 2. The number of nitrogens with zero attached hydrogens (tertiary/aromatic N) is 3. The number of urea groups is 1. The lowest BCUT2D eigenvalue weighted by molar-refractivity contribution is -0.126. The lowest BCUT2D eigenvalue weighted by Crippen LogP contribution is -2.47. The number of aromatic nitrogens is 2. The van der Waals surface area contributed by atoms with Crippen LogP contribution in [0.3, 0.4) is 0 Å². The van der Waals surface area contributed by atoms with Crippen LogP contribution >= 0.6 is 0 Å². The minimum atomic E-state index is -0.734. The van der Waals surface area contributed by atoms with Gasteiger partial charge < -0.3 is 9.47 Å². The predicted molar refractivity (Wildman–Crippen MR) is 65.9 cm³/mol. The second-order valence-electron chi connectivity index (χ2n) is 4.74. The fourth-order valence-electron chi connectivity index (χ4n) is 2.19. The van der Waals surface area contributed by atoms with Crippen LogP contribution in [0.2, 0.25) is 0 Å². The van der Waals surface area contributed by atoms with Crippen LogP contribution in [0.5, 0.6) is 0 Å².